The standard InChI is InChI=1S/C20H40N4O/c1-4-21-20(23-18-8-6-17(7-9-18)16(2)3)22-12-5-13-24-14-10-19(25)11-15-24/h16-19,25H,4-15H2,1-3H3,(H2,21,22,23). The molecule has 25 heavy (non-hydrogen) atoms. The predicted octanol–water partition coefficient (Wildman–Crippen LogP) is 2.60. The summed E-state index contributed by atoms with van der Waals surface area (Å²) in [6, 6.07) is 0.580. The molecule has 0 spiro atoms. The molecule has 0 atom stereocenters. The highest BCUT2D eigenvalue weighted by molar-refractivity contribution is 5.80. The lowest BCUT2D eigenvalue weighted by atomic mass is 9.80. The van der Waals surface area contributed by atoms with Crippen LogP contribution in [0.4, 0.5) is 0 Å². The van der Waals surface area contributed by atoms with Crippen molar-refractivity contribution in [1.29, 1.82) is 0 Å². The second kappa shape index (κ2) is 11.0. The molecular formula is C20H40N4O. The van der Waals surface area contributed by atoms with Crippen LogP contribution in [0.5, 0.6) is 0 Å². The Bertz CT molecular complexity index is 383. The van der Waals surface area contributed by atoms with Crippen LogP contribution in [0.15, 0.2) is 4.99 Å². The minimum absolute atomic E-state index is 0.0791. The third-order valence-corrected chi connectivity index (χ3v) is 5.86. The van der Waals surface area contributed by atoms with Crippen molar-refractivity contribution >= 4 is 5.96 Å². The predicted molar refractivity (Wildman–Crippen MR) is 106 cm³/mol. The van der Waals surface area contributed by atoms with Crippen LogP contribution in [0.2, 0.25) is 0 Å². The fourth-order valence-corrected chi connectivity index (χ4v) is 4.07. The first-order valence-corrected chi connectivity index (χ1v) is 10.5. The summed E-state index contributed by atoms with van der Waals surface area (Å²) < 4.78 is 0. The lowest BCUT2D eigenvalue weighted by Gasteiger charge is -2.32. The number of hydrogen-bond acceptors (Lipinski definition) is 3. The Labute approximate surface area is 154 Å². The van der Waals surface area contributed by atoms with E-state index in [-0.39, 0.29) is 6.10 Å². The van der Waals surface area contributed by atoms with E-state index in [9.17, 15) is 5.11 Å². The molecule has 3 N–H and O–H groups in total. The van der Waals surface area contributed by atoms with Gasteiger partial charge in [-0.05, 0) is 70.3 Å². The molecule has 0 aromatic heterocycles. The van der Waals surface area contributed by atoms with E-state index in [1.807, 2.05) is 0 Å². The van der Waals surface area contributed by atoms with E-state index >= 15 is 0 Å². The largest absolute Gasteiger partial charge is 0.393 e. The molecule has 1 saturated carbocycles. The highest BCUT2D eigenvalue weighted by Crippen LogP contribution is 2.29. The second-order valence-electron chi connectivity index (χ2n) is 8.19. The number of nitrogens with one attached hydrogen (secondary N) is 2. The summed E-state index contributed by atoms with van der Waals surface area (Å²) in [4.78, 5) is 7.23. The monoisotopic (exact) mass is 352 g/mol. The number of hydrogen-bond donors (Lipinski definition) is 3. The number of guanidine groups is 1. The molecule has 1 aliphatic carbocycles. The van der Waals surface area contributed by atoms with Gasteiger partial charge in [0.05, 0.1) is 6.10 Å². The van der Waals surface area contributed by atoms with Gasteiger partial charge in [0.15, 0.2) is 5.96 Å². The average molecular weight is 353 g/mol. The van der Waals surface area contributed by atoms with Crippen LogP contribution in [0.1, 0.15) is 65.7 Å². The first-order chi connectivity index (χ1) is 12.1. The minimum atomic E-state index is -0.0791. The molecule has 0 aromatic rings. The number of rotatable bonds is 7. The van der Waals surface area contributed by atoms with Crippen LogP contribution < -0.4 is 10.6 Å². The van der Waals surface area contributed by atoms with Crippen molar-refractivity contribution in [3.63, 3.8) is 0 Å². The Kier molecular flexibility index (Phi) is 9.04. The van der Waals surface area contributed by atoms with Gasteiger partial charge < -0.3 is 20.6 Å². The fraction of sp³-hybridized carbons (Fsp3) is 0.950. The second-order valence-corrected chi connectivity index (χ2v) is 8.19. The Morgan fingerprint density at radius 1 is 1.12 bits per heavy atom. The Balaban J connectivity index is 1.67. The summed E-state index contributed by atoms with van der Waals surface area (Å²) in [6.07, 6.45) is 8.08. The van der Waals surface area contributed by atoms with Crippen LogP contribution in [-0.4, -0.2) is 60.8 Å². The van der Waals surface area contributed by atoms with Gasteiger partial charge in [-0.1, -0.05) is 13.8 Å². The topological polar surface area (TPSA) is 59.9 Å². The van der Waals surface area contributed by atoms with E-state index in [0.29, 0.717) is 6.04 Å². The maximum Gasteiger partial charge on any atom is 0.191 e. The third kappa shape index (κ3) is 7.53. The van der Waals surface area contributed by atoms with Gasteiger partial charge in [-0.25, -0.2) is 0 Å². The molecule has 2 rings (SSSR count). The van der Waals surface area contributed by atoms with Crippen LogP contribution in [0, 0.1) is 11.8 Å². The van der Waals surface area contributed by atoms with Gasteiger partial charge in [0.2, 0.25) is 0 Å². The van der Waals surface area contributed by atoms with Crippen molar-refractivity contribution in [3.05, 3.63) is 0 Å². The lowest BCUT2D eigenvalue weighted by Crippen LogP contribution is -2.45. The smallest absolute Gasteiger partial charge is 0.191 e. The van der Waals surface area contributed by atoms with E-state index in [2.05, 4.69) is 36.3 Å². The van der Waals surface area contributed by atoms with Crippen LogP contribution in [0.25, 0.3) is 0 Å². The van der Waals surface area contributed by atoms with E-state index in [1.165, 1.54) is 25.7 Å². The molecule has 1 aliphatic heterocycles. The molecular weight excluding hydrogens is 312 g/mol. The molecule has 146 valence electrons. The highest BCUT2D eigenvalue weighted by Gasteiger charge is 2.23. The first kappa shape index (κ1) is 20.5. The number of aliphatic hydroxyl groups is 1. The molecule has 2 aliphatic rings. The SMILES string of the molecule is CCNC(=NCCCN1CCC(O)CC1)NC1CCC(C(C)C)CC1. The fourth-order valence-electron chi connectivity index (χ4n) is 4.07. The summed E-state index contributed by atoms with van der Waals surface area (Å²) in [5, 5.41) is 16.6. The molecule has 2 fully saturated rings. The van der Waals surface area contributed by atoms with Gasteiger partial charge in [0.25, 0.3) is 0 Å². The van der Waals surface area contributed by atoms with Crippen molar-refractivity contribution < 1.29 is 5.11 Å². The highest BCUT2D eigenvalue weighted by atomic mass is 16.3. The van der Waals surface area contributed by atoms with Crippen molar-refractivity contribution in [2.75, 3.05) is 32.7 Å². The normalized spacial score (nSPS) is 26.8. The van der Waals surface area contributed by atoms with Gasteiger partial charge in [0, 0.05) is 32.2 Å². The van der Waals surface area contributed by atoms with Gasteiger partial charge in [-0.2, -0.15) is 0 Å². The van der Waals surface area contributed by atoms with Crippen LogP contribution >= 0.6 is 0 Å². The molecule has 0 bridgehead atoms. The molecule has 0 amide bonds. The Morgan fingerprint density at radius 2 is 1.80 bits per heavy atom. The number of aliphatic imine (C=N–C) groups is 1. The Hall–Kier alpha value is -0.810. The van der Waals surface area contributed by atoms with Crippen molar-refractivity contribution in [2.45, 2.75) is 77.9 Å². The van der Waals surface area contributed by atoms with Crippen molar-refractivity contribution in [2.24, 2.45) is 16.8 Å². The molecule has 5 heteroatoms. The molecule has 1 heterocycles. The summed E-state index contributed by atoms with van der Waals surface area (Å²) in [7, 11) is 0. The third-order valence-electron chi connectivity index (χ3n) is 5.86. The van der Waals surface area contributed by atoms with E-state index in [0.717, 1.165) is 69.8 Å². The molecule has 5 nitrogen and oxygen atoms in total. The zero-order valence-electron chi connectivity index (χ0n) is 16.6. The summed E-state index contributed by atoms with van der Waals surface area (Å²) in [6.45, 7) is 11.8. The maximum atomic E-state index is 9.57. The van der Waals surface area contributed by atoms with Gasteiger partial charge >= 0.3 is 0 Å². The number of likely N-dealkylation sites (tertiary alicyclic amines) is 1. The van der Waals surface area contributed by atoms with E-state index < -0.39 is 0 Å². The maximum absolute atomic E-state index is 9.57. The minimum Gasteiger partial charge on any atom is -0.393 e. The van der Waals surface area contributed by atoms with Crippen molar-refractivity contribution in [1.82, 2.24) is 15.5 Å². The Morgan fingerprint density at radius 3 is 2.40 bits per heavy atom. The van der Waals surface area contributed by atoms with Crippen LogP contribution in [0.3, 0.4) is 0 Å². The lowest BCUT2D eigenvalue weighted by molar-refractivity contribution is 0.0824. The average Bonchev–Trinajstić information content (AvgIpc) is 2.61. The zero-order valence-corrected chi connectivity index (χ0v) is 16.6. The quantitative estimate of drug-likeness (QED) is 0.374. The van der Waals surface area contributed by atoms with Gasteiger partial charge in [-0.3, -0.25) is 4.99 Å². The first-order valence-electron chi connectivity index (χ1n) is 10.5. The number of aliphatic hydroxyl groups excluding tert-OH is 1. The molecule has 0 radical (unpaired) electrons. The molecule has 0 aromatic carbocycles. The summed E-state index contributed by atoms with van der Waals surface area (Å²) >= 11 is 0. The summed E-state index contributed by atoms with van der Waals surface area (Å²) in [5.41, 5.74) is 0. The van der Waals surface area contributed by atoms with Crippen molar-refractivity contribution in [3.8, 4) is 0 Å². The van der Waals surface area contributed by atoms with E-state index in [4.69, 9.17) is 4.99 Å². The molecule has 0 unspecified atom stereocenters. The van der Waals surface area contributed by atoms with Crippen LogP contribution in [-0.2, 0) is 0 Å². The van der Waals surface area contributed by atoms with E-state index in [1.54, 1.807) is 0 Å². The number of nitrogens with zero attached hydrogens (tertiary/aromatic N) is 2. The number of piperidine rings is 1. The summed E-state index contributed by atoms with van der Waals surface area (Å²) in [5.74, 6) is 2.71. The van der Waals surface area contributed by atoms with Gasteiger partial charge in [0.1, 0.15) is 0 Å². The molecule has 1 saturated heterocycles. The zero-order chi connectivity index (χ0) is 18.1. The van der Waals surface area contributed by atoms with Gasteiger partial charge in [-0.15, -0.1) is 0 Å².